The van der Waals surface area contributed by atoms with Crippen molar-refractivity contribution in [3.05, 3.63) is 390 Å². The lowest BCUT2D eigenvalue weighted by atomic mass is 9.86. The fourth-order valence-corrected chi connectivity index (χ4v) is 29.2. The van der Waals surface area contributed by atoms with Gasteiger partial charge in [-0.15, -0.1) is 0 Å². The summed E-state index contributed by atoms with van der Waals surface area (Å²) in [5.74, 6) is 0. The van der Waals surface area contributed by atoms with E-state index in [-0.39, 0.29) is 43.3 Å². The van der Waals surface area contributed by atoms with E-state index in [4.69, 9.17) is 23.2 Å². The van der Waals surface area contributed by atoms with E-state index in [2.05, 4.69) is 548 Å². The predicted molar refractivity (Wildman–Crippen MR) is 573 cm³/mol. The van der Waals surface area contributed by atoms with E-state index in [1.807, 2.05) is 0 Å². The number of hydrogen-bond acceptors (Lipinski definition) is 4. The zero-order valence-corrected chi connectivity index (χ0v) is 87.1. The molecule has 2 N–H and O–H groups in total. The topological polar surface area (TPSA) is 30.5 Å². The Hall–Kier alpha value is -9.75. The number of halogens is 4. The molecule has 0 amide bonds. The number of nitrogens with zero attached hydrogens (tertiary/aromatic N) is 2. The average molecular weight is 1890 g/mol. The molecule has 0 aromatic heterocycles. The molecule has 0 aliphatic carbocycles. The van der Waals surface area contributed by atoms with Gasteiger partial charge in [-0.3, -0.25) is 0 Å². The molecular formula is C118H132Br2Cl2N4Si2. The minimum Gasteiger partial charge on any atom is -0.354 e. The van der Waals surface area contributed by atoms with Crippen molar-refractivity contribution in [1.82, 2.24) is 0 Å². The largest absolute Gasteiger partial charge is 0.354 e. The molecule has 6 bridgehead atoms. The van der Waals surface area contributed by atoms with Gasteiger partial charge in [-0.2, -0.15) is 0 Å². The monoisotopic (exact) mass is 1890 g/mol. The summed E-state index contributed by atoms with van der Waals surface area (Å²) in [6.07, 6.45) is 0. The van der Waals surface area contributed by atoms with E-state index >= 15 is 0 Å². The second kappa shape index (κ2) is 37.3. The van der Waals surface area contributed by atoms with Crippen LogP contribution in [0.4, 0.5) is 56.9 Å². The molecule has 0 saturated carbocycles. The predicted octanol–water partition coefficient (Wildman–Crippen LogP) is 30.4. The Morgan fingerprint density at radius 1 is 0.250 bits per heavy atom. The lowest BCUT2D eigenvalue weighted by Crippen LogP contribution is -2.75. The van der Waals surface area contributed by atoms with Crippen LogP contribution < -0.4 is 61.9 Å². The molecule has 0 saturated heterocycles. The van der Waals surface area contributed by atoms with Gasteiger partial charge in [0.25, 0.3) is 0 Å². The van der Waals surface area contributed by atoms with Crippen molar-refractivity contribution in [2.45, 2.75) is 223 Å². The molecular weight excluding hydrogens is 1760 g/mol. The molecule has 14 aromatic rings. The van der Waals surface area contributed by atoms with Gasteiger partial charge >= 0.3 is 0 Å². The quantitative estimate of drug-likeness (QED) is 0.0943. The van der Waals surface area contributed by atoms with Crippen LogP contribution in [0.5, 0.6) is 0 Å². The van der Waals surface area contributed by atoms with Gasteiger partial charge in [0.15, 0.2) is 16.1 Å². The summed E-state index contributed by atoms with van der Waals surface area (Å²) in [5, 5.41) is 19.3. The van der Waals surface area contributed by atoms with E-state index in [0.717, 1.165) is 76.9 Å². The highest BCUT2D eigenvalue weighted by atomic mass is 79.9. The molecule has 10 heteroatoms. The molecule has 4 nitrogen and oxygen atoms in total. The Balaban J connectivity index is 0.000000181. The Bertz CT molecular complexity index is 5930. The van der Waals surface area contributed by atoms with Gasteiger partial charge in [0, 0.05) is 43.1 Å². The molecule has 1 aliphatic rings. The van der Waals surface area contributed by atoms with Gasteiger partial charge in [0.2, 0.25) is 0 Å². The normalized spacial score (nSPS) is 13.3. The molecule has 1 aliphatic heterocycles. The van der Waals surface area contributed by atoms with Crippen LogP contribution in [-0.2, 0) is 43.3 Å². The Labute approximate surface area is 796 Å². The van der Waals surface area contributed by atoms with Crippen molar-refractivity contribution in [3.8, 4) is 0 Å². The molecule has 0 unspecified atom stereocenters. The lowest BCUT2D eigenvalue weighted by molar-refractivity contribution is 0.590. The lowest BCUT2D eigenvalue weighted by Gasteiger charge is -2.40. The molecule has 0 atom stereocenters. The zero-order chi connectivity index (χ0) is 92.8. The fraction of sp³-hybridized carbons (Fsp3) is 0.288. The van der Waals surface area contributed by atoms with Crippen LogP contribution in [0, 0.1) is 13.8 Å². The van der Waals surface area contributed by atoms with E-state index in [1.54, 1.807) is 0 Å². The molecule has 1 heterocycles. The molecule has 128 heavy (non-hydrogen) atoms. The van der Waals surface area contributed by atoms with Crippen molar-refractivity contribution in [2.24, 2.45) is 0 Å². The standard InChI is InChI=1S/C59H65ClN2Si.C32H34Br2Si.C27H33ClN2/c1-40-30-53-55(60)54(31-40)62(46-25-21-23-42(33-46)57(5,6)7)48-35-44(59(11,12)13)37-52(39-48)63(49-26-16-14-17-27-49,50-28-18-15-19-29-50)51-36-43(58(8,9)10)34-47(38-51)61(53)45-24-20-22-41(32-45)56(2,3)4;1-31(2,3)23-17-25(33)21-29(19-23)35(27-13-9-7-10-14-27,28-15-11-8-12-16-28)30-20-24(32(4,5)6)18-26(34)22-30;1-18-14-23(29-21-12-8-10-19(16-21)26(2,3)4)25(28)24(15-18)30-22-13-9-11-20(17-22)27(5,6)7/h14-39H,1-13H3;7-22H,1-6H3;8-17,29-30H,1-7H3. The third-order valence-electron chi connectivity index (χ3n) is 25.0. The summed E-state index contributed by atoms with van der Waals surface area (Å²) in [6, 6.07) is 118. The number of fused-ring (bicyclic) bond motifs is 6. The van der Waals surface area contributed by atoms with Gasteiger partial charge in [0.1, 0.15) is 0 Å². The highest BCUT2D eigenvalue weighted by Gasteiger charge is 2.46. The van der Waals surface area contributed by atoms with Gasteiger partial charge in [0.05, 0.1) is 32.8 Å². The second-order valence-corrected chi connectivity index (χ2v) is 53.6. The number of rotatable bonds is 12. The molecule has 14 aromatic carbocycles. The summed E-state index contributed by atoms with van der Waals surface area (Å²) in [4.78, 5) is 4.89. The zero-order valence-electron chi connectivity index (χ0n) is 80.4. The average Bonchev–Trinajstić information content (AvgIpc) is 0.719. The number of benzene rings is 14. The van der Waals surface area contributed by atoms with Crippen molar-refractivity contribution in [3.63, 3.8) is 0 Å². The van der Waals surface area contributed by atoms with Crippen LogP contribution >= 0.6 is 55.1 Å². The summed E-state index contributed by atoms with van der Waals surface area (Å²) in [7, 11) is -5.79. The van der Waals surface area contributed by atoms with Gasteiger partial charge in [-0.25, -0.2) is 0 Å². The van der Waals surface area contributed by atoms with Crippen molar-refractivity contribution < 1.29 is 0 Å². The highest BCUT2D eigenvalue weighted by molar-refractivity contribution is 9.10. The number of hydrogen-bond donors (Lipinski definition) is 2. The fourth-order valence-electron chi connectivity index (χ4n) is 17.5. The van der Waals surface area contributed by atoms with E-state index in [1.165, 1.54) is 86.0 Å². The maximum atomic E-state index is 8.12. The van der Waals surface area contributed by atoms with Gasteiger partial charge < -0.3 is 20.4 Å². The third kappa shape index (κ3) is 21.1. The highest BCUT2D eigenvalue weighted by Crippen LogP contribution is 2.51. The first kappa shape index (κ1) is 95.8. The molecule has 0 radical (unpaired) electrons. The smallest absolute Gasteiger partial charge is 0.179 e. The van der Waals surface area contributed by atoms with Crippen LogP contribution in [0.25, 0.3) is 0 Å². The second-order valence-electron chi connectivity index (χ2n) is 43.4. The van der Waals surface area contributed by atoms with Crippen LogP contribution in [0.1, 0.15) is 222 Å². The molecule has 660 valence electrons. The Kier molecular flexibility index (Phi) is 27.9. The van der Waals surface area contributed by atoms with E-state index < -0.39 is 16.1 Å². The molecule has 15 rings (SSSR count). The van der Waals surface area contributed by atoms with E-state index in [0.29, 0.717) is 10.0 Å². The van der Waals surface area contributed by atoms with Gasteiger partial charge in [-0.1, -0.05) is 415 Å². The molecule has 0 fully saturated rings. The minimum atomic E-state index is -3.15. The SMILES string of the molecule is CC(C)(C)c1cc(Br)cc([Si](c2ccccc2)(c2ccccc2)c2cc(Br)cc(C(C)(C)C)c2)c1.Cc1cc(Nc2cccc(C(C)(C)C)c2)c(Cl)c(Nc2cccc(C(C)(C)C)c2)c1.Cc1cc2c(Cl)c(c1)N(c1cccc(C(C)(C)C)c1)c1cc(C(C)(C)C)cc(c1)[Si](c1ccccc1)(c1ccccc1)c1cc(cc(C(C)(C)C)c1)N2c1cccc(C(C)(C)C)c1. The Morgan fingerprint density at radius 3 is 0.867 bits per heavy atom. The van der Waals surface area contributed by atoms with Crippen LogP contribution in [0.15, 0.2) is 324 Å². The summed E-state index contributed by atoms with van der Waals surface area (Å²) in [5.41, 5.74) is 22.6. The van der Waals surface area contributed by atoms with Gasteiger partial charge in [-0.05, 0) is 276 Å². The first-order valence-corrected chi connectivity index (χ1v) is 51.6. The third-order valence-corrected chi connectivity index (χ3v) is 36.1. The summed E-state index contributed by atoms with van der Waals surface area (Å²) in [6.45, 7) is 59.2. The maximum Gasteiger partial charge on any atom is 0.179 e. The van der Waals surface area contributed by atoms with Crippen LogP contribution in [-0.4, -0.2) is 16.1 Å². The first-order valence-electron chi connectivity index (χ1n) is 45.3. The summed E-state index contributed by atoms with van der Waals surface area (Å²) >= 11 is 22.7. The minimum absolute atomic E-state index is 0.0416. The maximum absolute atomic E-state index is 8.12. The van der Waals surface area contributed by atoms with Crippen molar-refractivity contribution >= 4 is 170 Å². The number of nitrogens with one attached hydrogen (secondary N) is 2. The summed E-state index contributed by atoms with van der Waals surface area (Å²) < 4.78 is 2.27. The van der Waals surface area contributed by atoms with Crippen molar-refractivity contribution in [1.29, 1.82) is 0 Å². The Morgan fingerprint density at radius 2 is 0.539 bits per heavy atom. The number of aryl methyl sites for hydroxylation is 2. The van der Waals surface area contributed by atoms with Crippen molar-refractivity contribution in [2.75, 3.05) is 20.4 Å². The van der Waals surface area contributed by atoms with Crippen LogP contribution in [0.2, 0.25) is 10.0 Å². The first-order chi connectivity index (χ1) is 59.9. The number of anilines is 10. The molecule has 0 spiro atoms. The van der Waals surface area contributed by atoms with Crippen LogP contribution in [0.3, 0.4) is 0 Å². The van der Waals surface area contributed by atoms with E-state index in [9.17, 15) is 0 Å².